The van der Waals surface area contributed by atoms with Crippen LogP contribution in [0.4, 0.5) is 0 Å². The van der Waals surface area contributed by atoms with Gasteiger partial charge in [0.25, 0.3) is 5.91 Å². The van der Waals surface area contributed by atoms with Crippen molar-refractivity contribution >= 4 is 11.7 Å². The first-order chi connectivity index (χ1) is 13.2. The second kappa shape index (κ2) is 10.5. The minimum Gasteiger partial charge on any atom is -1.00 e. The van der Waals surface area contributed by atoms with Crippen LogP contribution in [-0.4, -0.2) is 29.9 Å². The molecule has 3 rings (SSSR count). The number of nitrogens with zero attached hydrogens (tertiary/aromatic N) is 1. The number of halogens is 1. The fourth-order valence-corrected chi connectivity index (χ4v) is 2.72. The number of hydrogen-bond acceptors (Lipinski definition) is 3. The van der Waals surface area contributed by atoms with E-state index in [1.54, 1.807) is 29.1 Å². The number of nitrogens with one attached hydrogen (secondary N) is 1. The van der Waals surface area contributed by atoms with Crippen LogP contribution in [0.2, 0.25) is 0 Å². The number of rotatable bonds is 7. The lowest BCUT2D eigenvalue weighted by molar-refractivity contribution is -0.683. The quantitative estimate of drug-likeness (QED) is 0.375. The van der Waals surface area contributed by atoms with Crippen molar-refractivity contribution in [3.63, 3.8) is 0 Å². The number of benzene rings is 2. The smallest absolute Gasteiger partial charge is 0.251 e. The number of amides is 1. The van der Waals surface area contributed by atoms with Crippen LogP contribution >= 0.6 is 0 Å². The lowest BCUT2D eigenvalue weighted by Gasteiger charge is -2.04. The van der Waals surface area contributed by atoms with Gasteiger partial charge in [-0.05, 0) is 11.1 Å². The average Bonchev–Trinajstić information content (AvgIpc) is 2.73. The molecule has 0 bridgehead atoms. The topological polar surface area (TPSA) is 70.3 Å². The average molecular weight is 441 g/mol. The summed E-state index contributed by atoms with van der Waals surface area (Å²) in [5.74, 6) is -0.254. The molecule has 1 aromatic heterocycles. The summed E-state index contributed by atoms with van der Waals surface area (Å²) in [4.78, 5) is 24.3. The van der Waals surface area contributed by atoms with E-state index in [1.165, 1.54) is 0 Å². The van der Waals surface area contributed by atoms with Gasteiger partial charge in [-0.15, -0.1) is 0 Å². The van der Waals surface area contributed by atoms with Crippen LogP contribution in [0.1, 0.15) is 20.7 Å². The monoisotopic (exact) mass is 440 g/mol. The number of pyridine rings is 1. The Morgan fingerprint density at radius 2 is 1.43 bits per heavy atom. The van der Waals surface area contributed by atoms with Gasteiger partial charge in [-0.3, -0.25) is 9.59 Å². The van der Waals surface area contributed by atoms with Crippen LogP contribution in [0.3, 0.4) is 0 Å². The second-order valence-corrected chi connectivity index (χ2v) is 6.11. The molecule has 2 aromatic carbocycles. The first-order valence-electron chi connectivity index (χ1n) is 8.74. The third-order valence-electron chi connectivity index (χ3n) is 4.19. The zero-order valence-corrected chi connectivity index (χ0v) is 16.8. The number of carbonyl (C=O) groups is 2. The number of Topliss-reactive ketones (excluding diaryl/α,β-unsaturated/α-hetero) is 1. The Kier molecular flexibility index (Phi) is 8.04. The van der Waals surface area contributed by atoms with Crippen molar-refractivity contribution in [1.29, 1.82) is 0 Å². The second-order valence-electron chi connectivity index (χ2n) is 6.11. The van der Waals surface area contributed by atoms with Gasteiger partial charge >= 0.3 is 0 Å². The molecule has 6 heteroatoms. The largest absolute Gasteiger partial charge is 1.00 e. The highest BCUT2D eigenvalue weighted by Gasteiger charge is 2.13. The van der Waals surface area contributed by atoms with E-state index in [2.05, 4.69) is 5.32 Å². The number of ketones is 1. The fraction of sp³-hybridized carbons (Fsp3) is 0.136. The SMILES string of the molecule is O=C(C[n+]1ccc(C(=O)NCCO)cc1)c1ccc(-c2ccccc2)cc1.[Br-]. The highest BCUT2D eigenvalue weighted by Crippen LogP contribution is 2.19. The Balaban J connectivity index is 0.00000280. The van der Waals surface area contributed by atoms with Gasteiger partial charge in [0.1, 0.15) is 0 Å². The highest BCUT2D eigenvalue weighted by atomic mass is 79.9. The summed E-state index contributed by atoms with van der Waals surface area (Å²) in [6, 6.07) is 20.9. The number of carbonyl (C=O) groups excluding carboxylic acids is 2. The van der Waals surface area contributed by atoms with E-state index in [1.807, 2.05) is 54.6 Å². The molecule has 1 amide bonds. The van der Waals surface area contributed by atoms with E-state index in [9.17, 15) is 9.59 Å². The summed E-state index contributed by atoms with van der Waals surface area (Å²) < 4.78 is 1.73. The van der Waals surface area contributed by atoms with Gasteiger partial charge in [0.2, 0.25) is 12.3 Å². The number of aromatic nitrogens is 1. The summed E-state index contributed by atoms with van der Waals surface area (Å²) in [6.07, 6.45) is 3.40. The van der Waals surface area contributed by atoms with Gasteiger partial charge in [0.15, 0.2) is 12.4 Å². The van der Waals surface area contributed by atoms with E-state index in [0.29, 0.717) is 11.1 Å². The summed E-state index contributed by atoms with van der Waals surface area (Å²) in [7, 11) is 0. The lowest BCUT2D eigenvalue weighted by Crippen LogP contribution is -3.00. The standard InChI is InChI=1S/C22H20N2O3.BrH/c25-15-12-23-22(27)20-10-13-24(14-11-20)16-21(26)19-8-6-18(7-9-19)17-4-2-1-3-5-17;/h1-11,13-14,25H,12,15-16H2;1H. The fourth-order valence-electron chi connectivity index (χ4n) is 2.72. The van der Waals surface area contributed by atoms with Crippen molar-refractivity contribution in [2.45, 2.75) is 6.54 Å². The molecular formula is C22H21BrN2O3. The molecular weight excluding hydrogens is 420 g/mol. The Labute approximate surface area is 174 Å². The number of aliphatic hydroxyl groups excluding tert-OH is 1. The van der Waals surface area contributed by atoms with Crippen LogP contribution in [0.5, 0.6) is 0 Å². The van der Waals surface area contributed by atoms with E-state index in [0.717, 1.165) is 11.1 Å². The van der Waals surface area contributed by atoms with E-state index in [-0.39, 0.29) is 48.4 Å². The summed E-state index contributed by atoms with van der Waals surface area (Å²) >= 11 is 0. The van der Waals surface area contributed by atoms with Gasteiger partial charge in [0, 0.05) is 24.2 Å². The molecule has 5 nitrogen and oxygen atoms in total. The van der Waals surface area contributed by atoms with Crippen LogP contribution < -0.4 is 26.9 Å². The van der Waals surface area contributed by atoms with Crippen molar-refractivity contribution in [3.8, 4) is 11.1 Å². The molecule has 0 saturated heterocycles. The van der Waals surface area contributed by atoms with E-state index < -0.39 is 0 Å². The predicted molar refractivity (Wildman–Crippen MR) is 102 cm³/mol. The maximum atomic E-state index is 12.5. The van der Waals surface area contributed by atoms with Crippen molar-refractivity contribution < 1.29 is 36.2 Å². The van der Waals surface area contributed by atoms with Gasteiger partial charge in [-0.25, -0.2) is 0 Å². The zero-order chi connectivity index (χ0) is 19.1. The molecule has 28 heavy (non-hydrogen) atoms. The summed E-state index contributed by atoms with van der Waals surface area (Å²) in [5, 5.41) is 11.3. The van der Waals surface area contributed by atoms with Crippen LogP contribution in [0.15, 0.2) is 79.1 Å². The minimum atomic E-state index is -0.251. The molecule has 0 saturated carbocycles. The molecule has 0 atom stereocenters. The van der Waals surface area contributed by atoms with Crippen LogP contribution in [-0.2, 0) is 6.54 Å². The first-order valence-corrected chi connectivity index (χ1v) is 8.74. The van der Waals surface area contributed by atoms with Gasteiger partial charge in [-0.1, -0.05) is 54.6 Å². The first kappa shape index (κ1) is 21.5. The maximum absolute atomic E-state index is 12.5. The Morgan fingerprint density at radius 3 is 2.04 bits per heavy atom. The van der Waals surface area contributed by atoms with Gasteiger partial charge in [-0.2, -0.15) is 4.57 Å². The molecule has 3 aromatic rings. The van der Waals surface area contributed by atoms with Crippen molar-refractivity contribution in [2.24, 2.45) is 0 Å². The Morgan fingerprint density at radius 1 is 0.821 bits per heavy atom. The molecule has 1 heterocycles. The maximum Gasteiger partial charge on any atom is 0.251 e. The molecule has 0 aliphatic heterocycles. The normalized spacial score (nSPS) is 10.0. The molecule has 144 valence electrons. The van der Waals surface area contributed by atoms with Crippen LogP contribution in [0, 0.1) is 0 Å². The highest BCUT2D eigenvalue weighted by molar-refractivity contribution is 5.95. The molecule has 0 unspecified atom stereocenters. The number of hydrogen-bond donors (Lipinski definition) is 2. The zero-order valence-electron chi connectivity index (χ0n) is 15.2. The Hall–Kier alpha value is -2.83. The van der Waals surface area contributed by atoms with E-state index >= 15 is 0 Å². The number of aliphatic hydroxyl groups is 1. The third-order valence-corrected chi connectivity index (χ3v) is 4.19. The lowest BCUT2D eigenvalue weighted by atomic mass is 10.0. The van der Waals surface area contributed by atoms with Gasteiger partial charge in [0.05, 0.1) is 12.2 Å². The molecule has 0 fully saturated rings. The molecule has 2 N–H and O–H groups in total. The Bertz CT molecular complexity index is 911. The summed E-state index contributed by atoms with van der Waals surface area (Å²) in [6.45, 7) is 0.310. The van der Waals surface area contributed by atoms with Crippen molar-refractivity contribution in [3.05, 3.63) is 90.3 Å². The van der Waals surface area contributed by atoms with E-state index in [4.69, 9.17) is 5.11 Å². The molecule has 0 aliphatic carbocycles. The van der Waals surface area contributed by atoms with Crippen LogP contribution in [0.25, 0.3) is 11.1 Å². The minimum absolute atomic E-state index is 0. The summed E-state index contributed by atoms with van der Waals surface area (Å²) in [5.41, 5.74) is 3.31. The molecule has 0 radical (unpaired) electrons. The van der Waals surface area contributed by atoms with Gasteiger partial charge < -0.3 is 27.4 Å². The predicted octanol–water partition coefficient (Wildman–Crippen LogP) is -0.750. The van der Waals surface area contributed by atoms with Crippen molar-refractivity contribution in [2.75, 3.05) is 13.2 Å². The molecule has 0 spiro atoms. The molecule has 0 aliphatic rings. The van der Waals surface area contributed by atoms with Crippen molar-refractivity contribution in [1.82, 2.24) is 5.32 Å². The third kappa shape index (κ3) is 5.58.